The minimum atomic E-state index is 0.109. The standard InChI is InChI=1S/C21H25N3O2S/c1-23(2)14-15-24(19(25)13-12-16-8-5-4-6-9-16)21-22-20-17(26-3)10-7-11-18(20)27-21/h4-11H,12-15H2,1-3H3/p+1. The van der Waals surface area contributed by atoms with Gasteiger partial charge in [-0.1, -0.05) is 47.7 Å². The lowest BCUT2D eigenvalue weighted by Gasteiger charge is -2.20. The van der Waals surface area contributed by atoms with E-state index in [9.17, 15) is 4.79 Å². The maximum atomic E-state index is 13.0. The molecule has 1 heterocycles. The Morgan fingerprint density at radius 1 is 1.15 bits per heavy atom. The first-order valence-corrected chi connectivity index (χ1v) is 9.97. The van der Waals surface area contributed by atoms with Crippen LogP contribution in [0.25, 0.3) is 10.2 Å². The number of nitrogens with one attached hydrogen (secondary N) is 1. The Morgan fingerprint density at radius 2 is 1.93 bits per heavy atom. The summed E-state index contributed by atoms with van der Waals surface area (Å²) >= 11 is 1.54. The lowest BCUT2D eigenvalue weighted by molar-refractivity contribution is -0.856. The largest absolute Gasteiger partial charge is 0.494 e. The number of anilines is 1. The number of amides is 1. The number of carbonyl (C=O) groups excluding carboxylic acids is 1. The van der Waals surface area contributed by atoms with Crippen LogP contribution in [-0.4, -0.2) is 45.2 Å². The lowest BCUT2D eigenvalue weighted by Crippen LogP contribution is -3.06. The molecule has 0 aliphatic rings. The normalized spacial score (nSPS) is 11.1. The summed E-state index contributed by atoms with van der Waals surface area (Å²) in [7, 11) is 5.83. The minimum absolute atomic E-state index is 0.109. The molecule has 1 aromatic heterocycles. The zero-order chi connectivity index (χ0) is 19.2. The number of quaternary nitrogens is 1. The Labute approximate surface area is 164 Å². The fourth-order valence-electron chi connectivity index (χ4n) is 2.89. The van der Waals surface area contributed by atoms with E-state index in [1.165, 1.54) is 10.5 Å². The van der Waals surface area contributed by atoms with E-state index < -0.39 is 0 Å². The average molecular weight is 385 g/mol. The fourth-order valence-corrected chi connectivity index (χ4v) is 3.91. The van der Waals surface area contributed by atoms with Crippen LogP contribution in [0.3, 0.4) is 0 Å². The SMILES string of the molecule is COc1cccc2sc(N(CC[NH+](C)C)C(=O)CCc3ccccc3)nc12. The molecule has 3 aromatic rings. The number of carbonyl (C=O) groups is 1. The van der Waals surface area contributed by atoms with E-state index in [0.717, 1.165) is 34.1 Å². The molecule has 0 fully saturated rings. The van der Waals surface area contributed by atoms with E-state index in [2.05, 4.69) is 26.2 Å². The first kappa shape index (κ1) is 19.3. The molecule has 142 valence electrons. The van der Waals surface area contributed by atoms with Crippen LogP contribution in [-0.2, 0) is 11.2 Å². The van der Waals surface area contributed by atoms with E-state index in [1.54, 1.807) is 18.4 Å². The maximum Gasteiger partial charge on any atom is 0.229 e. The van der Waals surface area contributed by atoms with Crippen molar-refractivity contribution in [2.75, 3.05) is 39.2 Å². The van der Waals surface area contributed by atoms with Gasteiger partial charge in [0.2, 0.25) is 5.91 Å². The molecular weight excluding hydrogens is 358 g/mol. The highest BCUT2D eigenvalue weighted by Gasteiger charge is 2.21. The predicted molar refractivity (Wildman–Crippen MR) is 111 cm³/mol. The van der Waals surface area contributed by atoms with Crippen molar-refractivity contribution in [2.24, 2.45) is 0 Å². The smallest absolute Gasteiger partial charge is 0.229 e. The highest BCUT2D eigenvalue weighted by molar-refractivity contribution is 7.22. The first-order chi connectivity index (χ1) is 13.1. The van der Waals surface area contributed by atoms with Crippen molar-refractivity contribution in [3.63, 3.8) is 0 Å². The van der Waals surface area contributed by atoms with Crippen LogP contribution < -0.4 is 14.5 Å². The van der Waals surface area contributed by atoms with Gasteiger partial charge >= 0.3 is 0 Å². The molecule has 27 heavy (non-hydrogen) atoms. The van der Waals surface area contributed by atoms with Gasteiger partial charge in [-0.2, -0.15) is 0 Å². The molecular formula is C21H26N3O2S+. The number of para-hydroxylation sites is 1. The summed E-state index contributed by atoms with van der Waals surface area (Å²) in [4.78, 5) is 20.9. The monoisotopic (exact) mass is 384 g/mol. The molecule has 1 N–H and O–H groups in total. The van der Waals surface area contributed by atoms with E-state index in [-0.39, 0.29) is 5.91 Å². The van der Waals surface area contributed by atoms with Crippen LogP contribution in [0, 0.1) is 0 Å². The molecule has 0 bridgehead atoms. The molecule has 0 unspecified atom stereocenters. The van der Waals surface area contributed by atoms with Gasteiger partial charge < -0.3 is 9.64 Å². The highest BCUT2D eigenvalue weighted by atomic mass is 32.1. The molecule has 0 atom stereocenters. The average Bonchev–Trinajstić information content (AvgIpc) is 3.11. The van der Waals surface area contributed by atoms with Gasteiger partial charge in [-0.05, 0) is 24.1 Å². The van der Waals surface area contributed by atoms with Gasteiger partial charge in [0.1, 0.15) is 11.3 Å². The molecule has 6 heteroatoms. The van der Waals surface area contributed by atoms with Gasteiger partial charge in [0.25, 0.3) is 0 Å². The highest BCUT2D eigenvalue weighted by Crippen LogP contribution is 2.34. The quantitative estimate of drug-likeness (QED) is 0.649. The lowest BCUT2D eigenvalue weighted by atomic mass is 10.1. The Balaban J connectivity index is 1.83. The van der Waals surface area contributed by atoms with E-state index in [1.807, 2.05) is 41.3 Å². The fraction of sp³-hybridized carbons (Fsp3) is 0.333. The van der Waals surface area contributed by atoms with E-state index in [4.69, 9.17) is 9.72 Å². The Morgan fingerprint density at radius 3 is 2.63 bits per heavy atom. The van der Waals surface area contributed by atoms with E-state index in [0.29, 0.717) is 13.0 Å². The summed E-state index contributed by atoms with van der Waals surface area (Å²) in [5.41, 5.74) is 1.99. The summed E-state index contributed by atoms with van der Waals surface area (Å²) in [5, 5.41) is 0.744. The van der Waals surface area contributed by atoms with Crippen molar-refractivity contribution in [1.82, 2.24) is 4.98 Å². The molecule has 2 aromatic carbocycles. The Hall–Kier alpha value is -2.44. The van der Waals surface area contributed by atoms with Gasteiger partial charge in [0, 0.05) is 6.42 Å². The van der Waals surface area contributed by atoms with Crippen molar-refractivity contribution in [3.05, 3.63) is 54.1 Å². The zero-order valence-corrected chi connectivity index (χ0v) is 16.9. The number of aromatic nitrogens is 1. The third kappa shape index (κ3) is 4.84. The summed E-state index contributed by atoms with van der Waals surface area (Å²) in [5.74, 6) is 0.850. The molecule has 0 aliphatic heterocycles. The number of hydrogen-bond acceptors (Lipinski definition) is 4. The van der Waals surface area contributed by atoms with Crippen molar-refractivity contribution < 1.29 is 14.4 Å². The summed E-state index contributed by atoms with van der Waals surface area (Å²) in [6, 6.07) is 16.0. The molecule has 1 amide bonds. The number of ether oxygens (including phenoxy) is 1. The van der Waals surface area contributed by atoms with Crippen molar-refractivity contribution >= 4 is 32.6 Å². The topological polar surface area (TPSA) is 46.9 Å². The Bertz CT molecular complexity index is 893. The van der Waals surface area contributed by atoms with Crippen LogP contribution >= 0.6 is 11.3 Å². The van der Waals surface area contributed by atoms with Crippen LogP contribution in [0.1, 0.15) is 12.0 Å². The minimum Gasteiger partial charge on any atom is -0.494 e. The predicted octanol–water partition coefficient (Wildman–Crippen LogP) is 2.42. The number of fused-ring (bicyclic) bond motifs is 1. The van der Waals surface area contributed by atoms with Crippen LogP contribution in [0.4, 0.5) is 5.13 Å². The van der Waals surface area contributed by atoms with Crippen LogP contribution in [0.15, 0.2) is 48.5 Å². The van der Waals surface area contributed by atoms with Crippen molar-refractivity contribution in [2.45, 2.75) is 12.8 Å². The van der Waals surface area contributed by atoms with Gasteiger partial charge in [-0.3, -0.25) is 9.69 Å². The maximum absolute atomic E-state index is 13.0. The van der Waals surface area contributed by atoms with Gasteiger partial charge in [-0.15, -0.1) is 0 Å². The number of benzene rings is 2. The Kier molecular flexibility index (Phi) is 6.42. The second-order valence-corrected chi connectivity index (χ2v) is 7.80. The zero-order valence-electron chi connectivity index (χ0n) is 16.1. The van der Waals surface area contributed by atoms with Gasteiger partial charge in [0.05, 0.1) is 39.0 Å². The molecule has 0 saturated heterocycles. The molecule has 5 nitrogen and oxygen atoms in total. The molecule has 0 spiro atoms. The molecule has 0 aliphatic carbocycles. The third-order valence-corrected chi connectivity index (χ3v) is 5.47. The van der Waals surface area contributed by atoms with Crippen molar-refractivity contribution in [1.29, 1.82) is 0 Å². The third-order valence-electron chi connectivity index (χ3n) is 4.43. The summed E-state index contributed by atoms with van der Waals surface area (Å²) in [6.07, 6.45) is 1.21. The number of nitrogens with zero attached hydrogens (tertiary/aromatic N) is 2. The number of aryl methyl sites for hydroxylation is 1. The summed E-state index contributed by atoms with van der Waals surface area (Å²) in [6.45, 7) is 1.52. The number of hydrogen-bond donors (Lipinski definition) is 1. The first-order valence-electron chi connectivity index (χ1n) is 9.15. The number of likely N-dealkylation sites (N-methyl/N-ethyl adjacent to an activating group) is 1. The van der Waals surface area contributed by atoms with E-state index >= 15 is 0 Å². The van der Waals surface area contributed by atoms with Gasteiger partial charge in [0.15, 0.2) is 5.13 Å². The summed E-state index contributed by atoms with van der Waals surface area (Å²) < 4.78 is 6.45. The molecule has 3 rings (SSSR count). The number of methoxy groups -OCH3 is 1. The second-order valence-electron chi connectivity index (χ2n) is 6.79. The number of rotatable bonds is 8. The van der Waals surface area contributed by atoms with Gasteiger partial charge in [-0.25, -0.2) is 4.98 Å². The number of thiazole rings is 1. The van der Waals surface area contributed by atoms with Crippen molar-refractivity contribution in [3.8, 4) is 5.75 Å². The molecule has 0 radical (unpaired) electrons. The van der Waals surface area contributed by atoms with Crippen LogP contribution in [0.2, 0.25) is 0 Å². The molecule has 0 saturated carbocycles. The van der Waals surface area contributed by atoms with Crippen LogP contribution in [0.5, 0.6) is 5.75 Å². The second kappa shape index (κ2) is 8.97.